The zero-order chi connectivity index (χ0) is 21.1. The maximum atomic E-state index is 12.4. The van der Waals surface area contributed by atoms with Crippen LogP contribution in [0.3, 0.4) is 0 Å². The summed E-state index contributed by atoms with van der Waals surface area (Å²) in [5.74, 6) is -0.140. The van der Waals surface area contributed by atoms with Gasteiger partial charge in [0, 0.05) is 36.3 Å². The molecule has 0 spiro atoms. The highest BCUT2D eigenvalue weighted by Crippen LogP contribution is 2.23. The molecule has 152 valence electrons. The molecule has 0 saturated heterocycles. The fourth-order valence-electron chi connectivity index (χ4n) is 3.23. The van der Waals surface area contributed by atoms with E-state index in [2.05, 4.69) is 15.3 Å². The second kappa shape index (κ2) is 8.08. The minimum Gasteiger partial charge on any atom is -0.352 e. The quantitative estimate of drug-likeness (QED) is 0.518. The summed E-state index contributed by atoms with van der Waals surface area (Å²) in [5.41, 5.74) is 3.53. The smallest absolute Gasteiger partial charge is 0.251 e. The predicted molar refractivity (Wildman–Crippen MR) is 114 cm³/mol. The number of rotatable bonds is 6. The van der Waals surface area contributed by atoms with Gasteiger partial charge in [-0.15, -0.1) is 0 Å². The number of nitrogens with one attached hydrogen (secondary N) is 1. The topological polar surface area (TPSA) is 93.4 Å². The summed E-state index contributed by atoms with van der Waals surface area (Å²) in [7, 11) is -3.49. The number of imidazole rings is 1. The largest absolute Gasteiger partial charge is 0.352 e. The predicted octanol–water partition coefficient (Wildman–Crippen LogP) is 2.77. The third-order valence-electron chi connectivity index (χ3n) is 4.73. The van der Waals surface area contributed by atoms with Crippen LogP contribution in [0.15, 0.2) is 78.2 Å². The molecule has 2 heterocycles. The molecule has 7 nitrogen and oxygen atoms in total. The van der Waals surface area contributed by atoms with Crippen molar-refractivity contribution in [1.82, 2.24) is 19.7 Å². The average Bonchev–Trinajstić information content (AvgIpc) is 3.18. The normalized spacial score (nSPS) is 11.5. The van der Waals surface area contributed by atoms with Crippen LogP contribution in [-0.4, -0.2) is 41.5 Å². The Balaban J connectivity index is 1.50. The van der Waals surface area contributed by atoms with E-state index in [-0.39, 0.29) is 16.6 Å². The summed E-state index contributed by atoms with van der Waals surface area (Å²) in [6, 6.07) is 17.1. The number of sulfone groups is 1. The van der Waals surface area contributed by atoms with Gasteiger partial charge in [0.1, 0.15) is 0 Å². The number of carbonyl (C=O) groups is 1. The molecule has 2 aromatic carbocycles. The van der Waals surface area contributed by atoms with Gasteiger partial charge in [0.25, 0.3) is 5.91 Å². The monoisotopic (exact) mass is 420 g/mol. The molecule has 0 atom stereocenters. The zero-order valence-corrected chi connectivity index (χ0v) is 17.1. The lowest BCUT2D eigenvalue weighted by Crippen LogP contribution is -2.25. The first-order valence-electron chi connectivity index (χ1n) is 9.38. The first kappa shape index (κ1) is 19.8. The molecule has 4 rings (SSSR count). The maximum absolute atomic E-state index is 12.4. The van der Waals surface area contributed by atoms with Crippen LogP contribution >= 0.6 is 0 Å². The lowest BCUT2D eigenvalue weighted by molar-refractivity contribution is 0.0954. The van der Waals surface area contributed by atoms with Crippen LogP contribution in [0, 0.1) is 0 Å². The van der Waals surface area contributed by atoms with Gasteiger partial charge < -0.3 is 5.32 Å². The van der Waals surface area contributed by atoms with E-state index in [1.807, 2.05) is 42.5 Å². The Morgan fingerprint density at radius 2 is 1.77 bits per heavy atom. The molecule has 0 aliphatic rings. The van der Waals surface area contributed by atoms with Crippen LogP contribution in [0.2, 0.25) is 0 Å². The van der Waals surface area contributed by atoms with Crippen molar-refractivity contribution < 1.29 is 13.2 Å². The number of hydrogen-bond donors (Lipinski definition) is 1. The van der Waals surface area contributed by atoms with Gasteiger partial charge in [-0.05, 0) is 24.1 Å². The number of benzene rings is 2. The Labute approximate surface area is 174 Å². The molecular weight excluding hydrogens is 400 g/mol. The SMILES string of the molecule is CS(=O)(=O)c1nccn2c(-c3ccc(C(=O)NCCc4ccccc4)cc3)cnc12. The van der Waals surface area contributed by atoms with E-state index in [0.717, 1.165) is 18.2 Å². The standard InChI is InChI=1S/C22H20N4O3S/c1-30(28,29)22-20-25-15-19(26(20)14-13-24-22)17-7-9-18(10-8-17)21(27)23-12-11-16-5-3-2-4-6-16/h2-10,13-15H,11-12H2,1H3,(H,23,27). The number of carbonyl (C=O) groups excluding carboxylic acids is 1. The highest BCUT2D eigenvalue weighted by Gasteiger charge is 2.17. The molecule has 0 aliphatic carbocycles. The van der Waals surface area contributed by atoms with Crippen LogP contribution in [-0.2, 0) is 16.3 Å². The Kier molecular flexibility index (Phi) is 5.33. The molecule has 4 aromatic rings. The Morgan fingerprint density at radius 3 is 2.47 bits per heavy atom. The van der Waals surface area contributed by atoms with E-state index in [1.165, 1.54) is 11.8 Å². The summed E-state index contributed by atoms with van der Waals surface area (Å²) in [4.78, 5) is 20.6. The summed E-state index contributed by atoms with van der Waals surface area (Å²) < 4.78 is 25.5. The molecule has 0 radical (unpaired) electrons. The molecular formula is C22H20N4O3S. The maximum Gasteiger partial charge on any atom is 0.251 e. The molecule has 0 fully saturated rings. The van der Waals surface area contributed by atoms with Crippen molar-refractivity contribution in [2.45, 2.75) is 11.4 Å². The average molecular weight is 420 g/mol. The van der Waals surface area contributed by atoms with Crippen molar-refractivity contribution in [3.63, 3.8) is 0 Å². The van der Waals surface area contributed by atoms with E-state index in [9.17, 15) is 13.2 Å². The highest BCUT2D eigenvalue weighted by atomic mass is 32.2. The molecule has 1 N–H and O–H groups in total. The number of hydrogen-bond acceptors (Lipinski definition) is 5. The van der Waals surface area contributed by atoms with Crippen LogP contribution in [0.5, 0.6) is 0 Å². The second-order valence-corrected chi connectivity index (χ2v) is 8.84. The summed E-state index contributed by atoms with van der Waals surface area (Å²) in [6.07, 6.45) is 6.57. The minimum atomic E-state index is -3.49. The van der Waals surface area contributed by atoms with Crippen LogP contribution in [0.25, 0.3) is 16.9 Å². The number of aromatic nitrogens is 3. The van der Waals surface area contributed by atoms with Crippen molar-refractivity contribution in [1.29, 1.82) is 0 Å². The van der Waals surface area contributed by atoms with Crippen LogP contribution in [0.1, 0.15) is 15.9 Å². The van der Waals surface area contributed by atoms with Crippen molar-refractivity contribution in [3.05, 3.63) is 84.3 Å². The van der Waals surface area contributed by atoms with Gasteiger partial charge in [0.15, 0.2) is 20.5 Å². The molecule has 30 heavy (non-hydrogen) atoms. The Bertz CT molecular complexity index is 1300. The summed E-state index contributed by atoms with van der Waals surface area (Å²) in [6.45, 7) is 0.555. The first-order valence-corrected chi connectivity index (χ1v) is 11.3. The van der Waals surface area contributed by atoms with Crippen molar-refractivity contribution in [2.24, 2.45) is 0 Å². The van der Waals surface area contributed by atoms with E-state index < -0.39 is 9.84 Å². The molecule has 0 saturated carbocycles. The van der Waals surface area contributed by atoms with Crippen LogP contribution in [0.4, 0.5) is 0 Å². The Hall–Kier alpha value is -3.52. The lowest BCUT2D eigenvalue weighted by atomic mass is 10.1. The summed E-state index contributed by atoms with van der Waals surface area (Å²) in [5, 5.41) is 2.86. The van der Waals surface area contributed by atoms with Gasteiger partial charge in [0.05, 0.1) is 11.9 Å². The molecule has 0 unspecified atom stereocenters. The van der Waals surface area contributed by atoms with E-state index in [1.54, 1.807) is 28.9 Å². The molecule has 0 aliphatic heterocycles. The fourth-order valence-corrected chi connectivity index (χ4v) is 3.97. The van der Waals surface area contributed by atoms with Crippen molar-refractivity contribution in [2.75, 3.05) is 12.8 Å². The van der Waals surface area contributed by atoms with Crippen molar-refractivity contribution >= 4 is 21.4 Å². The van der Waals surface area contributed by atoms with Gasteiger partial charge in [0.2, 0.25) is 0 Å². The van der Waals surface area contributed by atoms with Gasteiger partial charge in [-0.2, -0.15) is 0 Å². The third kappa shape index (κ3) is 4.08. The highest BCUT2D eigenvalue weighted by molar-refractivity contribution is 7.90. The fraction of sp³-hybridized carbons (Fsp3) is 0.136. The number of nitrogens with zero attached hydrogens (tertiary/aromatic N) is 3. The van der Waals surface area contributed by atoms with Crippen LogP contribution < -0.4 is 5.32 Å². The lowest BCUT2D eigenvalue weighted by Gasteiger charge is -2.07. The molecule has 1 amide bonds. The van der Waals surface area contributed by atoms with Gasteiger partial charge in [-0.3, -0.25) is 9.20 Å². The van der Waals surface area contributed by atoms with Gasteiger partial charge in [-0.1, -0.05) is 42.5 Å². The number of fused-ring (bicyclic) bond motifs is 1. The van der Waals surface area contributed by atoms with Crippen molar-refractivity contribution in [3.8, 4) is 11.3 Å². The third-order valence-corrected chi connectivity index (χ3v) is 5.72. The second-order valence-electron chi connectivity index (χ2n) is 6.91. The molecule has 8 heteroatoms. The zero-order valence-electron chi connectivity index (χ0n) is 16.3. The molecule has 2 aromatic heterocycles. The van der Waals surface area contributed by atoms with E-state index in [0.29, 0.717) is 17.8 Å². The number of amides is 1. The van der Waals surface area contributed by atoms with E-state index >= 15 is 0 Å². The van der Waals surface area contributed by atoms with E-state index in [4.69, 9.17) is 0 Å². The first-order chi connectivity index (χ1) is 14.4. The Morgan fingerprint density at radius 1 is 1.03 bits per heavy atom. The van der Waals surface area contributed by atoms with Gasteiger partial charge in [-0.25, -0.2) is 18.4 Å². The summed E-state index contributed by atoms with van der Waals surface area (Å²) >= 11 is 0. The minimum absolute atomic E-state index is 0.0642. The van der Waals surface area contributed by atoms with Gasteiger partial charge >= 0.3 is 0 Å². The molecule has 0 bridgehead atoms.